The van der Waals surface area contributed by atoms with E-state index in [2.05, 4.69) is 11.4 Å². The van der Waals surface area contributed by atoms with Crippen LogP contribution in [0.3, 0.4) is 0 Å². The molecule has 1 aromatic heterocycles. The van der Waals surface area contributed by atoms with E-state index >= 15 is 0 Å². The van der Waals surface area contributed by atoms with Crippen LogP contribution in [0.4, 0.5) is 5.69 Å². The molecule has 0 bridgehead atoms. The van der Waals surface area contributed by atoms with Gasteiger partial charge in [0.15, 0.2) is 0 Å². The van der Waals surface area contributed by atoms with E-state index in [1.807, 2.05) is 62.1 Å². The Hall–Kier alpha value is -2.73. The van der Waals surface area contributed by atoms with Gasteiger partial charge in [-0.2, -0.15) is 0 Å². The molecule has 2 heterocycles. The molecule has 0 aliphatic carbocycles. The van der Waals surface area contributed by atoms with Crippen molar-refractivity contribution in [3.8, 4) is 0 Å². The molecule has 1 unspecified atom stereocenters. The van der Waals surface area contributed by atoms with Gasteiger partial charge in [0.05, 0.1) is 16.3 Å². The Kier molecular flexibility index (Phi) is 5.13. The zero-order valence-electron chi connectivity index (χ0n) is 16.9. The van der Waals surface area contributed by atoms with Crippen LogP contribution in [-0.4, -0.2) is 28.2 Å². The fourth-order valence-electron chi connectivity index (χ4n) is 3.51. The Labute approximate surface area is 174 Å². The van der Waals surface area contributed by atoms with Gasteiger partial charge in [0.25, 0.3) is 5.91 Å². The third-order valence-electron chi connectivity index (χ3n) is 5.16. The average Bonchev–Trinajstić information content (AvgIpc) is 3.33. The molecule has 5 nitrogen and oxygen atoms in total. The molecule has 6 heteroatoms. The predicted octanol–water partition coefficient (Wildman–Crippen LogP) is 5.26. The molecule has 2 aromatic carbocycles. The Balaban J connectivity index is 1.57. The number of carbonyl (C=O) groups is 2. The number of aromatic nitrogens is 1. The zero-order valence-corrected chi connectivity index (χ0v) is 17.8. The van der Waals surface area contributed by atoms with Crippen molar-refractivity contribution < 1.29 is 9.59 Å². The molecule has 1 saturated heterocycles. The molecule has 2 amide bonds. The number of anilines is 1. The minimum Gasteiger partial charge on any atom is -0.329 e. The number of para-hydroxylation sites is 1. The maximum atomic E-state index is 13.3. The Bertz CT molecular complexity index is 1030. The number of carbonyl (C=O) groups excluding carboxylic acids is 2. The van der Waals surface area contributed by atoms with Gasteiger partial charge in [-0.25, -0.2) is 4.98 Å². The van der Waals surface area contributed by atoms with Crippen LogP contribution in [0.25, 0.3) is 10.2 Å². The maximum Gasteiger partial charge on any atom is 0.254 e. The van der Waals surface area contributed by atoms with Crippen LogP contribution in [0, 0.1) is 5.41 Å². The molecule has 3 aromatic rings. The Morgan fingerprint density at radius 1 is 1.14 bits per heavy atom. The number of amides is 2. The Morgan fingerprint density at radius 2 is 1.93 bits per heavy atom. The summed E-state index contributed by atoms with van der Waals surface area (Å²) in [6, 6.07) is 15.3. The molecule has 1 aliphatic rings. The second kappa shape index (κ2) is 7.59. The standard InChI is InChI=1S/C23H25N3O2S/c1-23(2,3)22(28)24-16-9-6-8-15(14-16)21(27)26-13-7-11-18(26)20-25-17-10-4-5-12-19(17)29-20/h4-6,8-10,12,14,18H,7,11,13H2,1-3H3,(H,24,28). The summed E-state index contributed by atoms with van der Waals surface area (Å²) in [7, 11) is 0. The number of fused-ring (bicyclic) bond motifs is 1. The Morgan fingerprint density at radius 3 is 2.69 bits per heavy atom. The molecule has 29 heavy (non-hydrogen) atoms. The van der Waals surface area contributed by atoms with Crippen molar-refractivity contribution >= 4 is 39.1 Å². The van der Waals surface area contributed by atoms with Crippen molar-refractivity contribution in [3.63, 3.8) is 0 Å². The van der Waals surface area contributed by atoms with E-state index in [1.165, 1.54) is 0 Å². The summed E-state index contributed by atoms with van der Waals surface area (Å²) in [6.07, 6.45) is 1.89. The average molecular weight is 408 g/mol. The molecule has 0 saturated carbocycles. The van der Waals surface area contributed by atoms with Gasteiger partial charge in [0.2, 0.25) is 5.91 Å². The summed E-state index contributed by atoms with van der Waals surface area (Å²) in [6.45, 7) is 6.32. The molecular weight excluding hydrogens is 382 g/mol. The van der Waals surface area contributed by atoms with E-state index in [1.54, 1.807) is 17.4 Å². The molecule has 0 spiro atoms. The largest absolute Gasteiger partial charge is 0.329 e. The quantitative estimate of drug-likeness (QED) is 0.644. The number of thiazole rings is 1. The van der Waals surface area contributed by atoms with E-state index in [9.17, 15) is 9.59 Å². The van der Waals surface area contributed by atoms with Gasteiger partial charge in [-0.15, -0.1) is 11.3 Å². The molecule has 150 valence electrons. The number of nitrogens with zero attached hydrogens (tertiary/aromatic N) is 2. The third-order valence-corrected chi connectivity index (χ3v) is 6.30. The number of hydrogen-bond acceptors (Lipinski definition) is 4. The number of nitrogens with one attached hydrogen (secondary N) is 1. The third kappa shape index (κ3) is 4.03. The lowest BCUT2D eigenvalue weighted by Gasteiger charge is -2.23. The molecule has 1 atom stereocenters. The highest BCUT2D eigenvalue weighted by atomic mass is 32.1. The number of hydrogen-bond donors (Lipinski definition) is 1. The van der Waals surface area contributed by atoms with Crippen LogP contribution in [0.5, 0.6) is 0 Å². The minimum atomic E-state index is -0.493. The van der Waals surface area contributed by atoms with E-state index in [4.69, 9.17) is 4.98 Å². The van der Waals surface area contributed by atoms with Gasteiger partial charge in [0, 0.05) is 23.2 Å². The lowest BCUT2D eigenvalue weighted by molar-refractivity contribution is -0.123. The smallest absolute Gasteiger partial charge is 0.254 e. The SMILES string of the molecule is CC(C)(C)C(=O)Nc1cccc(C(=O)N2CCCC2c2nc3ccccc3s2)c1. The van der Waals surface area contributed by atoms with Gasteiger partial charge in [-0.05, 0) is 43.2 Å². The first kappa shape index (κ1) is 19.6. The highest BCUT2D eigenvalue weighted by Gasteiger charge is 2.33. The molecule has 1 aliphatic heterocycles. The minimum absolute atomic E-state index is 0.00715. The van der Waals surface area contributed by atoms with Crippen molar-refractivity contribution in [3.05, 3.63) is 59.1 Å². The van der Waals surface area contributed by atoms with E-state index in [0.717, 1.165) is 34.6 Å². The van der Waals surface area contributed by atoms with Gasteiger partial charge in [-0.1, -0.05) is 39.0 Å². The number of likely N-dealkylation sites (tertiary alicyclic amines) is 1. The number of benzene rings is 2. The van der Waals surface area contributed by atoms with Crippen LogP contribution in [0.2, 0.25) is 0 Å². The topological polar surface area (TPSA) is 62.3 Å². The molecule has 1 fully saturated rings. The summed E-state index contributed by atoms with van der Waals surface area (Å²) in [5.74, 6) is -0.0887. The summed E-state index contributed by atoms with van der Waals surface area (Å²) < 4.78 is 1.15. The lowest BCUT2D eigenvalue weighted by atomic mass is 9.95. The normalized spacial score (nSPS) is 16.9. The molecule has 0 radical (unpaired) electrons. The molecule has 4 rings (SSSR count). The van der Waals surface area contributed by atoms with E-state index in [-0.39, 0.29) is 17.9 Å². The van der Waals surface area contributed by atoms with Crippen molar-refractivity contribution in [2.75, 3.05) is 11.9 Å². The van der Waals surface area contributed by atoms with Crippen molar-refractivity contribution in [1.29, 1.82) is 0 Å². The zero-order chi connectivity index (χ0) is 20.6. The first-order chi connectivity index (χ1) is 13.8. The van der Waals surface area contributed by atoms with Crippen LogP contribution in [0.15, 0.2) is 48.5 Å². The first-order valence-electron chi connectivity index (χ1n) is 9.91. The summed E-state index contributed by atoms with van der Waals surface area (Å²) in [5.41, 5.74) is 1.72. The lowest BCUT2D eigenvalue weighted by Crippen LogP contribution is -2.31. The van der Waals surface area contributed by atoms with E-state index < -0.39 is 5.41 Å². The van der Waals surface area contributed by atoms with Crippen LogP contribution in [0.1, 0.15) is 55.0 Å². The fraction of sp³-hybridized carbons (Fsp3) is 0.348. The maximum absolute atomic E-state index is 13.3. The van der Waals surface area contributed by atoms with Crippen molar-refractivity contribution in [1.82, 2.24) is 9.88 Å². The van der Waals surface area contributed by atoms with Gasteiger partial charge >= 0.3 is 0 Å². The summed E-state index contributed by atoms with van der Waals surface area (Å²) in [4.78, 5) is 32.2. The van der Waals surface area contributed by atoms with Gasteiger partial charge in [-0.3, -0.25) is 9.59 Å². The highest BCUT2D eigenvalue weighted by Crippen LogP contribution is 2.37. The predicted molar refractivity (Wildman–Crippen MR) is 117 cm³/mol. The molecule has 1 N–H and O–H groups in total. The highest BCUT2D eigenvalue weighted by molar-refractivity contribution is 7.18. The molecular formula is C23H25N3O2S. The van der Waals surface area contributed by atoms with Gasteiger partial charge in [0.1, 0.15) is 5.01 Å². The summed E-state index contributed by atoms with van der Waals surface area (Å²) in [5, 5.41) is 3.90. The van der Waals surface area contributed by atoms with Crippen LogP contribution < -0.4 is 5.32 Å². The number of rotatable bonds is 3. The van der Waals surface area contributed by atoms with Gasteiger partial charge < -0.3 is 10.2 Å². The summed E-state index contributed by atoms with van der Waals surface area (Å²) >= 11 is 1.66. The van der Waals surface area contributed by atoms with Crippen molar-refractivity contribution in [2.24, 2.45) is 5.41 Å². The first-order valence-corrected chi connectivity index (χ1v) is 10.7. The monoisotopic (exact) mass is 407 g/mol. The van der Waals surface area contributed by atoms with Crippen LogP contribution in [-0.2, 0) is 4.79 Å². The van der Waals surface area contributed by atoms with E-state index in [0.29, 0.717) is 11.3 Å². The second-order valence-corrected chi connectivity index (χ2v) is 9.52. The van der Waals surface area contributed by atoms with Crippen LogP contribution >= 0.6 is 11.3 Å². The second-order valence-electron chi connectivity index (χ2n) is 8.46. The fourth-order valence-corrected chi connectivity index (χ4v) is 4.63. The van der Waals surface area contributed by atoms with Crippen molar-refractivity contribution in [2.45, 2.75) is 39.7 Å².